The number of hydrazone groups is 1. The Morgan fingerprint density at radius 1 is 1.07 bits per heavy atom. The maximum Gasteiger partial charge on any atom is 0.269 e. The molecule has 0 unspecified atom stereocenters. The summed E-state index contributed by atoms with van der Waals surface area (Å²) in [6, 6.07) is 11.9. The number of hydrogen-bond acceptors (Lipinski definition) is 6. The Morgan fingerprint density at radius 2 is 1.79 bits per heavy atom. The van der Waals surface area contributed by atoms with Crippen molar-refractivity contribution in [2.75, 3.05) is 20.8 Å². The summed E-state index contributed by atoms with van der Waals surface area (Å²) in [6.45, 7) is 0.410. The molecule has 0 radical (unpaired) electrons. The van der Waals surface area contributed by atoms with Crippen molar-refractivity contribution < 1.29 is 19.2 Å². The van der Waals surface area contributed by atoms with Crippen molar-refractivity contribution >= 4 is 17.3 Å². The summed E-state index contributed by atoms with van der Waals surface area (Å²) in [5.74, 6) is 1.21. The fraction of sp³-hybridized carbons (Fsp3) is 0.300. The molecule has 2 aromatic rings. The highest BCUT2D eigenvalue weighted by atomic mass is 16.6. The van der Waals surface area contributed by atoms with Crippen molar-refractivity contribution in [3.05, 3.63) is 63.7 Å². The monoisotopic (exact) mass is 383 g/mol. The molecule has 0 saturated heterocycles. The predicted octanol–water partition coefficient (Wildman–Crippen LogP) is 3.18. The molecule has 0 aliphatic carbocycles. The van der Waals surface area contributed by atoms with Gasteiger partial charge in [-0.1, -0.05) is 12.1 Å². The maximum absolute atomic E-state index is 12.2. The van der Waals surface area contributed by atoms with Crippen LogP contribution in [0.15, 0.2) is 47.6 Å². The number of rotatable bonds is 7. The third-order valence-electron chi connectivity index (χ3n) is 4.58. The van der Waals surface area contributed by atoms with Gasteiger partial charge in [0.2, 0.25) is 5.91 Å². The first-order chi connectivity index (χ1) is 13.5. The molecule has 0 aromatic heterocycles. The molecule has 1 amide bonds. The summed E-state index contributed by atoms with van der Waals surface area (Å²) < 4.78 is 10.6. The van der Waals surface area contributed by atoms with Crippen LogP contribution in [0.25, 0.3) is 0 Å². The van der Waals surface area contributed by atoms with E-state index in [-0.39, 0.29) is 11.6 Å². The van der Waals surface area contributed by atoms with Gasteiger partial charge in [0, 0.05) is 37.1 Å². The Morgan fingerprint density at radius 3 is 2.43 bits per heavy atom. The Labute approximate surface area is 162 Å². The molecule has 0 bridgehead atoms. The van der Waals surface area contributed by atoms with Gasteiger partial charge in [-0.05, 0) is 30.2 Å². The van der Waals surface area contributed by atoms with Crippen LogP contribution < -0.4 is 9.47 Å². The van der Waals surface area contributed by atoms with E-state index in [9.17, 15) is 14.9 Å². The quantitative estimate of drug-likeness (QED) is 0.541. The van der Waals surface area contributed by atoms with Crippen molar-refractivity contribution in [1.29, 1.82) is 0 Å². The summed E-state index contributed by atoms with van der Waals surface area (Å²) in [7, 11) is 3.15. The molecule has 8 nitrogen and oxygen atoms in total. The van der Waals surface area contributed by atoms with Crippen LogP contribution in [0, 0.1) is 10.1 Å². The first-order valence-corrected chi connectivity index (χ1v) is 8.85. The molecule has 8 heteroatoms. The number of benzene rings is 2. The van der Waals surface area contributed by atoms with Gasteiger partial charge in [0.1, 0.15) is 0 Å². The van der Waals surface area contributed by atoms with Crippen molar-refractivity contribution in [2.45, 2.75) is 19.3 Å². The molecule has 1 aliphatic heterocycles. The number of nitrogens with zero attached hydrogens (tertiary/aromatic N) is 3. The topological polar surface area (TPSA) is 94.3 Å². The number of nitro groups is 1. The smallest absolute Gasteiger partial charge is 0.269 e. The molecule has 0 saturated carbocycles. The van der Waals surface area contributed by atoms with E-state index in [0.29, 0.717) is 37.3 Å². The molecule has 0 fully saturated rings. The molecule has 1 heterocycles. The second kappa shape index (κ2) is 8.51. The van der Waals surface area contributed by atoms with Crippen LogP contribution >= 0.6 is 0 Å². The number of ether oxygens (including phenoxy) is 2. The molecule has 2 aromatic carbocycles. The molecule has 28 heavy (non-hydrogen) atoms. The summed E-state index contributed by atoms with van der Waals surface area (Å²) >= 11 is 0. The van der Waals surface area contributed by atoms with Gasteiger partial charge in [-0.25, -0.2) is 5.01 Å². The zero-order chi connectivity index (χ0) is 20.1. The van der Waals surface area contributed by atoms with E-state index in [0.717, 1.165) is 16.8 Å². The Balaban J connectivity index is 1.74. The van der Waals surface area contributed by atoms with Gasteiger partial charge >= 0.3 is 0 Å². The molecular formula is C20H21N3O5. The number of amides is 1. The van der Waals surface area contributed by atoms with Gasteiger partial charge in [-0.15, -0.1) is 0 Å². The predicted molar refractivity (Wildman–Crippen MR) is 104 cm³/mol. The molecule has 0 N–H and O–H groups in total. The van der Waals surface area contributed by atoms with Crippen molar-refractivity contribution in [3.63, 3.8) is 0 Å². The molecule has 0 spiro atoms. The first-order valence-electron chi connectivity index (χ1n) is 8.85. The third kappa shape index (κ3) is 4.28. The fourth-order valence-corrected chi connectivity index (χ4v) is 3.02. The summed E-state index contributed by atoms with van der Waals surface area (Å²) in [5, 5.41) is 16.7. The number of carbonyl (C=O) groups is 1. The molecule has 0 atom stereocenters. The normalized spacial score (nSPS) is 13.9. The molecular weight excluding hydrogens is 362 g/mol. The minimum atomic E-state index is -0.433. The molecule has 146 valence electrons. The second-order valence-corrected chi connectivity index (χ2v) is 6.31. The van der Waals surface area contributed by atoms with E-state index in [1.54, 1.807) is 26.4 Å². The molecule has 1 aliphatic rings. The standard InChI is InChI=1S/C20H21N3O5/c1-27-18-9-5-15(13-19(18)28-2)17-8-10-20(24)22(21-17)12-11-14-3-6-16(7-4-14)23(25)26/h3-7,9,13H,8,10-12H2,1-2H3. The van der Waals surface area contributed by atoms with Crippen molar-refractivity contribution in [1.82, 2.24) is 5.01 Å². The Hall–Kier alpha value is -3.42. The maximum atomic E-state index is 12.2. The first kappa shape index (κ1) is 19.3. The number of methoxy groups -OCH3 is 2. The number of non-ortho nitro benzene ring substituents is 1. The summed E-state index contributed by atoms with van der Waals surface area (Å²) in [6.07, 6.45) is 1.50. The SMILES string of the molecule is COc1ccc(C2=NN(CCc3ccc([N+](=O)[O-])cc3)C(=O)CC2)cc1OC. The van der Waals surface area contributed by atoms with Gasteiger partial charge in [0.15, 0.2) is 11.5 Å². The highest BCUT2D eigenvalue weighted by molar-refractivity contribution is 6.04. The van der Waals surface area contributed by atoms with Crippen LogP contribution in [0.1, 0.15) is 24.0 Å². The van der Waals surface area contributed by atoms with Crippen LogP contribution in [0.4, 0.5) is 5.69 Å². The fourth-order valence-electron chi connectivity index (χ4n) is 3.02. The lowest BCUT2D eigenvalue weighted by atomic mass is 10.0. The van der Waals surface area contributed by atoms with Crippen LogP contribution in [0.5, 0.6) is 11.5 Å². The zero-order valence-electron chi connectivity index (χ0n) is 15.8. The second-order valence-electron chi connectivity index (χ2n) is 6.31. The van der Waals surface area contributed by atoms with E-state index in [1.807, 2.05) is 18.2 Å². The Kier molecular flexibility index (Phi) is 5.88. The van der Waals surface area contributed by atoms with Crippen LogP contribution in [-0.2, 0) is 11.2 Å². The van der Waals surface area contributed by atoms with Crippen LogP contribution in [-0.4, -0.2) is 42.3 Å². The van der Waals surface area contributed by atoms with Gasteiger partial charge < -0.3 is 9.47 Å². The van der Waals surface area contributed by atoms with Gasteiger partial charge in [0.05, 0.1) is 24.9 Å². The van der Waals surface area contributed by atoms with Gasteiger partial charge in [-0.2, -0.15) is 5.10 Å². The lowest BCUT2D eigenvalue weighted by Gasteiger charge is -2.24. The minimum absolute atomic E-state index is 0.0360. The van der Waals surface area contributed by atoms with Gasteiger partial charge in [-0.3, -0.25) is 14.9 Å². The average molecular weight is 383 g/mol. The third-order valence-corrected chi connectivity index (χ3v) is 4.58. The van der Waals surface area contributed by atoms with Crippen molar-refractivity contribution in [3.8, 4) is 11.5 Å². The van der Waals surface area contributed by atoms with E-state index < -0.39 is 4.92 Å². The number of hydrogen-bond donors (Lipinski definition) is 0. The average Bonchev–Trinajstić information content (AvgIpc) is 2.73. The van der Waals surface area contributed by atoms with Crippen molar-refractivity contribution in [2.24, 2.45) is 5.10 Å². The van der Waals surface area contributed by atoms with Crippen LogP contribution in [0.3, 0.4) is 0 Å². The van der Waals surface area contributed by atoms with E-state index >= 15 is 0 Å². The number of carbonyl (C=O) groups excluding carboxylic acids is 1. The number of nitro benzene ring substituents is 1. The zero-order valence-corrected chi connectivity index (χ0v) is 15.8. The largest absolute Gasteiger partial charge is 0.493 e. The molecule has 3 rings (SSSR count). The minimum Gasteiger partial charge on any atom is -0.493 e. The lowest BCUT2D eigenvalue weighted by molar-refractivity contribution is -0.384. The van der Waals surface area contributed by atoms with E-state index in [4.69, 9.17) is 9.47 Å². The van der Waals surface area contributed by atoms with Gasteiger partial charge in [0.25, 0.3) is 5.69 Å². The summed E-state index contributed by atoms with van der Waals surface area (Å²) in [4.78, 5) is 22.5. The highest BCUT2D eigenvalue weighted by Crippen LogP contribution is 2.29. The van der Waals surface area contributed by atoms with Crippen LogP contribution in [0.2, 0.25) is 0 Å². The lowest BCUT2D eigenvalue weighted by Crippen LogP contribution is -2.33. The van der Waals surface area contributed by atoms with E-state index in [1.165, 1.54) is 17.1 Å². The van der Waals surface area contributed by atoms with E-state index in [2.05, 4.69) is 5.10 Å². The highest BCUT2D eigenvalue weighted by Gasteiger charge is 2.22. The Bertz CT molecular complexity index is 909. The summed E-state index contributed by atoms with van der Waals surface area (Å²) in [5.41, 5.74) is 2.65.